The van der Waals surface area contributed by atoms with Gasteiger partial charge in [-0.1, -0.05) is 6.92 Å². The number of benzene rings is 1. The number of urea groups is 1. The Kier molecular flexibility index (Phi) is 3.84. The second-order valence-corrected chi connectivity index (χ2v) is 5.09. The lowest BCUT2D eigenvalue weighted by Gasteiger charge is -2.30. The van der Waals surface area contributed by atoms with Crippen LogP contribution in [-0.4, -0.2) is 24.0 Å². The molecule has 0 radical (unpaired) electrons. The summed E-state index contributed by atoms with van der Waals surface area (Å²) in [4.78, 5) is 13.9. The Bertz CT molecular complexity index is 447. The number of hydrogen-bond donors (Lipinski definition) is 1. The van der Waals surface area contributed by atoms with Crippen molar-refractivity contribution in [1.29, 1.82) is 0 Å². The first kappa shape index (κ1) is 12.9. The molecular formula is C14H19FN2O. The van der Waals surface area contributed by atoms with Crippen molar-refractivity contribution in [3.63, 3.8) is 0 Å². The van der Waals surface area contributed by atoms with Gasteiger partial charge in [-0.05, 0) is 49.4 Å². The monoisotopic (exact) mass is 250 g/mol. The van der Waals surface area contributed by atoms with Crippen LogP contribution in [0.1, 0.15) is 25.3 Å². The van der Waals surface area contributed by atoms with Crippen molar-refractivity contribution < 1.29 is 9.18 Å². The zero-order valence-corrected chi connectivity index (χ0v) is 10.9. The molecule has 2 amide bonds. The van der Waals surface area contributed by atoms with Crippen molar-refractivity contribution in [2.75, 3.05) is 18.4 Å². The Morgan fingerprint density at radius 1 is 1.50 bits per heavy atom. The molecule has 1 heterocycles. The van der Waals surface area contributed by atoms with Crippen molar-refractivity contribution in [3.05, 3.63) is 29.6 Å². The molecule has 1 N–H and O–H groups in total. The molecule has 1 aromatic rings. The topological polar surface area (TPSA) is 32.3 Å². The maximum atomic E-state index is 13.1. The van der Waals surface area contributed by atoms with Crippen LogP contribution in [0.5, 0.6) is 0 Å². The highest BCUT2D eigenvalue weighted by Gasteiger charge is 2.20. The van der Waals surface area contributed by atoms with Crippen LogP contribution < -0.4 is 5.32 Å². The smallest absolute Gasteiger partial charge is 0.321 e. The van der Waals surface area contributed by atoms with Gasteiger partial charge in [-0.3, -0.25) is 0 Å². The molecule has 98 valence electrons. The van der Waals surface area contributed by atoms with Crippen LogP contribution in [0.2, 0.25) is 0 Å². The van der Waals surface area contributed by atoms with E-state index in [1.165, 1.54) is 12.5 Å². The van der Waals surface area contributed by atoms with E-state index >= 15 is 0 Å². The van der Waals surface area contributed by atoms with Gasteiger partial charge in [-0.2, -0.15) is 0 Å². The van der Waals surface area contributed by atoms with Crippen LogP contribution in [0.15, 0.2) is 18.2 Å². The fraction of sp³-hybridized carbons (Fsp3) is 0.500. The Labute approximate surface area is 107 Å². The first-order valence-electron chi connectivity index (χ1n) is 6.38. The van der Waals surface area contributed by atoms with Crippen LogP contribution in [0, 0.1) is 18.7 Å². The van der Waals surface area contributed by atoms with Gasteiger partial charge in [0.05, 0.1) is 0 Å². The number of amides is 2. The molecule has 1 aromatic carbocycles. The Morgan fingerprint density at radius 3 is 2.94 bits per heavy atom. The van der Waals surface area contributed by atoms with Crippen LogP contribution in [0.3, 0.4) is 0 Å². The summed E-state index contributed by atoms with van der Waals surface area (Å²) >= 11 is 0. The van der Waals surface area contributed by atoms with E-state index in [4.69, 9.17) is 0 Å². The van der Waals surface area contributed by atoms with E-state index in [1.54, 1.807) is 19.1 Å². The lowest BCUT2D eigenvalue weighted by molar-refractivity contribution is 0.182. The molecule has 1 aliphatic rings. The molecule has 0 bridgehead atoms. The van der Waals surface area contributed by atoms with Gasteiger partial charge in [0, 0.05) is 18.8 Å². The van der Waals surface area contributed by atoms with Gasteiger partial charge in [-0.15, -0.1) is 0 Å². The van der Waals surface area contributed by atoms with E-state index in [1.807, 2.05) is 4.90 Å². The molecule has 3 nitrogen and oxygen atoms in total. The molecule has 1 aliphatic heterocycles. The highest BCUT2D eigenvalue weighted by atomic mass is 19.1. The van der Waals surface area contributed by atoms with Gasteiger partial charge in [0.25, 0.3) is 0 Å². The van der Waals surface area contributed by atoms with Gasteiger partial charge in [0.15, 0.2) is 0 Å². The maximum Gasteiger partial charge on any atom is 0.321 e. The molecule has 0 aliphatic carbocycles. The van der Waals surface area contributed by atoms with Gasteiger partial charge in [0.1, 0.15) is 5.82 Å². The molecule has 18 heavy (non-hydrogen) atoms. The average molecular weight is 250 g/mol. The number of likely N-dealkylation sites (tertiary alicyclic amines) is 1. The minimum atomic E-state index is -0.250. The Morgan fingerprint density at radius 2 is 2.28 bits per heavy atom. The quantitative estimate of drug-likeness (QED) is 0.814. The number of rotatable bonds is 1. The zero-order chi connectivity index (χ0) is 13.1. The summed E-state index contributed by atoms with van der Waals surface area (Å²) in [7, 11) is 0. The van der Waals surface area contributed by atoms with Gasteiger partial charge in [0.2, 0.25) is 0 Å². The summed E-state index contributed by atoms with van der Waals surface area (Å²) in [6.07, 6.45) is 2.23. The van der Waals surface area contributed by atoms with Crippen molar-refractivity contribution in [2.24, 2.45) is 5.92 Å². The van der Waals surface area contributed by atoms with E-state index in [9.17, 15) is 9.18 Å². The predicted molar refractivity (Wildman–Crippen MR) is 70.1 cm³/mol. The highest BCUT2D eigenvalue weighted by Crippen LogP contribution is 2.18. The third-order valence-electron chi connectivity index (χ3n) is 3.35. The average Bonchev–Trinajstić information content (AvgIpc) is 2.34. The standard InChI is InChI=1S/C14H19FN2O/c1-10-4-3-7-17(9-10)14(18)16-12-5-6-13(15)11(2)8-12/h5-6,8,10H,3-4,7,9H2,1-2H3,(H,16,18). The van der Waals surface area contributed by atoms with Crippen LogP contribution in [0.25, 0.3) is 0 Å². The molecular weight excluding hydrogens is 231 g/mol. The molecule has 1 fully saturated rings. The highest BCUT2D eigenvalue weighted by molar-refractivity contribution is 5.89. The zero-order valence-electron chi connectivity index (χ0n) is 10.9. The first-order chi connectivity index (χ1) is 8.56. The summed E-state index contributed by atoms with van der Waals surface area (Å²) in [6.45, 7) is 5.44. The lowest BCUT2D eigenvalue weighted by atomic mass is 10.0. The van der Waals surface area contributed by atoms with Crippen molar-refractivity contribution in [3.8, 4) is 0 Å². The number of anilines is 1. The number of carbonyl (C=O) groups excluding carboxylic acids is 1. The molecule has 0 saturated carbocycles. The lowest BCUT2D eigenvalue weighted by Crippen LogP contribution is -2.41. The fourth-order valence-corrected chi connectivity index (χ4v) is 2.30. The molecule has 1 saturated heterocycles. The molecule has 2 rings (SSSR count). The van der Waals surface area contributed by atoms with E-state index in [0.29, 0.717) is 17.2 Å². The summed E-state index contributed by atoms with van der Waals surface area (Å²) in [6, 6.07) is 4.53. The number of carbonyl (C=O) groups is 1. The summed E-state index contributed by atoms with van der Waals surface area (Å²) in [5, 5.41) is 2.82. The van der Waals surface area contributed by atoms with Crippen molar-refractivity contribution >= 4 is 11.7 Å². The van der Waals surface area contributed by atoms with Crippen LogP contribution >= 0.6 is 0 Å². The number of nitrogens with one attached hydrogen (secondary N) is 1. The normalized spacial score (nSPS) is 19.7. The molecule has 1 atom stereocenters. The number of halogens is 1. The molecule has 4 heteroatoms. The number of nitrogens with zero attached hydrogens (tertiary/aromatic N) is 1. The van der Waals surface area contributed by atoms with E-state index in [2.05, 4.69) is 12.2 Å². The van der Waals surface area contributed by atoms with Crippen LogP contribution in [0.4, 0.5) is 14.9 Å². The van der Waals surface area contributed by atoms with E-state index in [-0.39, 0.29) is 11.8 Å². The first-order valence-corrected chi connectivity index (χ1v) is 6.38. The second kappa shape index (κ2) is 5.38. The fourth-order valence-electron chi connectivity index (χ4n) is 2.30. The van der Waals surface area contributed by atoms with Gasteiger partial charge < -0.3 is 10.2 Å². The van der Waals surface area contributed by atoms with E-state index in [0.717, 1.165) is 19.5 Å². The predicted octanol–water partition coefficient (Wildman–Crippen LogP) is 3.40. The largest absolute Gasteiger partial charge is 0.324 e. The minimum absolute atomic E-state index is 0.0902. The summed E-state index contributed by atoms with van der Waals surface area (Å²) in [5.74, 6) is 0.305. The third kappa shape index (κ3) is 3.00. The number of hydrogen-bond acceptors (Lipinski definition) is 1. The van der Waals surface area contributed by atoms with Crippen LogP contribution in [-0.2, 0) is 0 Å². The molecule has 0 aromatic heterocycles. The Hall–Kier alpha value is -1.58. The van der Waals surface area contributed by atoms with Gasteiger partial charge >= 0.3 is 6.03 Å². The Balaban J connectivity index is 2.00. The molecule has 1 unspecified atom stereocenters. The van der Waals surface area contributed by atoms with E-state index < -0.39 is 0 Å². The summed E-state index contributed by atoms with van der Waals surface area (Å²) < 4.78 is 13.1. The van der Waals surface area contributed by atoms with Gasteiger partial charge in [-0.25, -0.2) is 9.18 Å². The number of aryl methyl sites for hydroxylation is 1. The number of piperidine rings is 1. The summed E-state index contributed by atoms with van der Waals surface area (Å²) in [5.41, 5.74) is 1.19. The maximum absolute atomic E-state index is 13.1. The molecule has 0 spiro atoms. The van der Waals surface area contributed by atoms with Crippen molar-refractivity contribution in [1.82, 2.24) is 4.90 Å². The second-order valence-electron chi connectivity index (χ2n) is 5.09. The minimum Gasteiger partial charge on any atom is -0.324 e. The third-order valence-corrected chi connectivity index (χ3v) is 3.35. The SMILES string of the molecule is Cc1cc(NC(=O)N2CCCC(C)C2)ccc1F. The van der Waals surface area contributed by atoms with Crippen molar-refractivity contribution in [2.45, 2.75) is 26.7 Å².